The Morgan fingerprint density at radius 1 is 1.18 bits per heavy atom. The van der Waals surface area contributed by atoms with Crippen LogP contribution in [0.3, 0.4) is 0 Å². The Balaban J connectivity index is 1.30. The highest BCUT2D eigenvalue weighted by Crippen LogP contribution is 2.68. The van der Waals surface area contributed by atoms with Gasteiger partial charge in [0.1, 0.15) is 6.07 Å². The van der Waals surface area contributed by atoms with Gasteiger partial charge >= 0.3 is 0 Å². The van der Waals surface area contributed by atoms with Crippen LogP contribution >= 0.6 is 0 Å². The second-order valence-corrected chi connectivity index (χ2v) is 12.5. The fourth-order valence-corrected chi connectivity index (χ4v) is 9.16. The highest BCUT2D eigenvalue weighted by molar-refractivity contribution is 5.82. The number of rotatable bonds is 6. The number of ketones is 1. The summed E-state index contributed by atoms with van der Waals surface area (Å²) in [6.07, 6.45) is 14.0. The highest BCUT2D eigenvalue weighted by Gasteiger charge is 2.62. The van der Waals surface area contributed by atoms with E-state index in [9.17, 15) is 9.90 Å². The minimum atomic E-state index is -0.556. The maximum Gasteiger partial charge on any atom is 0.158 e. The van der Waals surface area contributed by atoms with E-state index in [0.29, 0.717) is 47.8 Å². The molecule has 1 heterocycles. The van der Waals surface area contributed by atoms with E-state index in [1.807, 2.05) is 0 Å². The van der Waals surface area contributed by atoms with Gasteiger partial charge in [-0.25, -0.2) is 4.98 Å². The maximum absolute atomic E-state index is 13.4. The van der Waals surface area contributed by atoms with Crippen LogP contribution in [-0.4, -0.2) is 39.8 Å². The first-order chi connectivity index (χ1) is 16.2. The van der Waals surface area contributed by atoms with Crippen LogP contribution in [-0.2, 0) is 16.1 Å². The number of fused-ring (bicyclic) bond motifs is 5. The average Bonchev–Trinajstić information content (AvgIpc) is 3.42. The summed E-state index contributed by atoms with van der Waals surface area (Å²) in [4.78, 5) is 17.5. The summed E-state index contributed by atoms with van der Waals surface area (Å²) >= 11 is 0. The number of methoxy groups -OCH3 is 1. The molecule has 0 bridgehead atoms. The molecule has 34 heavy (non-hydrogen) atoms. The smallest absolute Gasteiger partial charge is 0.158 e. The largest absolute Gasteiger partial charge is 0.390 e. The van der Waals surface area contributed by atoms with Crippen LogP contribution in [0.25, 0.3) is 0 Å². The lowest BCUT2D eigenvalue weighted by Crippen LogP contribution is -2.56. The van der Waals surface area contributed by atoms with E-state index in [1.165, 1.54) is 25.7 Å². The van der Waals surface area contributed by atoms with Gasteiger partial charge < -0.3 is 14.4 Å². The van der Waals surface area contributed by atoms with E-state index in [-0.39, 0.29) is 11.3 Å². The molecule has 186 valence electrons. The van der Waals surface area contributed by atoms with Gasteiger partial charge in [0, 0.05) is 25.8 Å². The molecule has 0 spiro atoms. The van der Waals surface area contributed by atoms with E-state index in [2.05, 4.69) is 24.9 Å². The fraction of sp³-hybridized carbons (Fsp3) is 0.821. The van der Waals surface area contributed by atoms with Crippen molar-refractivity contribution in [1.82, 2.24) is 9.55 Å². The van der Waals surface area contributed by atoms with Crippen molar-refractivity contribution in [3.8, 4) is 6.07 Å². The molecule has 0 aliphatic heterocycles. The number of imidazole rings is 1. The number of carbonyl (C=O) groups excluding carboxylic acids is 1. The number of nitrogens with zero attached hydrogens (tertiary/aromatic N) is 3. The Bertz CT molecular complexity index is 968. The molecule has 1 aromatic rings. The van der Waals surface area contributed by atoms with Crippen molar-refractivity contribution in [2.75, 3.05) is 13.7 Å². The number of hydrogen-bond acceptors (Lipinski definition) is 5. The normalized spacial score (nSPS) is 43.4. The second kappa shape index (κ2) is 8.75. The number of aliphatic hydroxyl groups is 1. The monoisotopic (exact) mass is 467 g/mol. The van der Waals surface area contributed by atoms with Gasteiger partial charge in [0.2, 0.25) is 0 Å². The number of carbonyl (C=O) groups is 1. The Morgan fingerprint density at radius 2 is 1.97 bits per heavy atom. The van der Waals surface area contributed by atoms with Crippen molar-refractivity contribution in [2.45, 2.75) is 90.2 Å². The van der Waals surface area contributed by atoms with Crippen LogP contribution < -0.4 is 0 Å². The van der Waals surface area contributed by atoms with Crippen LogP contribution in [0.1, 0.15) is 83.7 Å². The molecule has 0 saturated heterocycles. The van der Waals surface area contributed by atoms with E-state index in [0.717, 1.165) is 44.4 Å². The number of aromatic nitrogens is 2. The van der Waals surface area contributed by atoms with Gasteiger partial charge in [-0.15, -0.1) is 0 Å². The van der Waals surface area contributed by atoms with Crippen molar-refractivity contribution in [3.63, 3.8) is 0 Å². The first-order valence-corrected chi connectivity index (χ1v) is 13.4. The van der Waals surface area contributed by atoms with E-state index in [1.54, 1.807) is 24.2 Å². The summed E-state index contributed by atoms with van der Waals surface area (Å²) < 4.78 is 7.06. The van der Waals surface area contributed by atoms with Crippen molar-refractivity contribution >= 4 is 5.78 Å². The van der Waals surface area contributed by atoms with Crippen LogP contribution in [0.5, 0.6) is 0 Å². The third kappa shape index (κ3) is 3.84. The zero-order chi connectivity index (χ0) is 24.1. The minimum Gasteiger partial charge on any atom is -0.390 e. The Labute approximate surface area is 204 Å². The summed E-state index contributed by atoms with van der Waals surface area (Å²) in [5.41, 5.74) is 0.222. The molecule has 1 aromatic heterocycles. The summed E-state index contributed by atoms with van der Waals surface area (Å²) in [6.45, 7) is 5.89. The van der Waals surface area contributed by atoms with Gasteiger partial charge in [-0.1, -0.05) is 13.8 Å². The van der Waals surface area contributed by atoms with E-state index in [4.69, 9.17) is 10.00 Å². The van der Waals surface area contributed by atoms with Gasteiger partial charge in [-0.2, -0.15) is 5.26 Å². The lowest BCUT2D eigenvalue weighted by atomic mass is 9.43. The Kier molecular flexibility index (Phi) is 6.18. The second-order valence-electron chi connectivity index (χ2n) is 12.5. The first kappa shape index (κ1) is 24.0. The standard InChI is InChI=1S/C28H41N3O3/c1-26-10-11-28(33,12-13-34-3)14-19(26)4-5-21-22-6-7-24(27(22,2)9-8-23(21)26)25(32)17-31-16-20(15-29)30-18-31/h16,18-19,21-24,33H,4-14,17H2,1-3H3/t19-,21-,22-,23-,24+,26-,27-,28-/m0/s1. The fourth-order valence-electron chi connectivity index (χ4n) is 9.16. The molecule has 6 heteroatoms. The van der Waals surface area contributed by atoms with Crippen molar-refractivity contribution in [3.05, 3.63) is 18.2 Å². The predicted octanol–water partition coefficient (Wildman–Crippen LogP) is 4.75. The Morgan fingerprint density at radius 3 is 2.71 bits per heavy atom. The SMILES string of the molecule is COCC[C@@]1(O)CC[C@@]2(C)[C@@H](CC[C@@H]3[C@@H]2CC[C@]2(C)[C@@H](C(=O)Cn4cnc(C#N)c4)CC[C@@H]32)C1. The molecule has 8 atom stereocenters. The topological polar surface area (TPSA) is 88.1 Å². The summed E-state index contributed by atoms with van der Waals surface area (Å²) in [5, 5.41) is 20.3. The third-order valence-electron chi connectivity index (χ3n) is 11.1. The third-order valence-corrected chi connectivity index (χ3v) is 11.1. The lowest BCUT2D eigenvalue weighted by molar-refractivity contribution is -0.157. The van der Waals surface area contributed by atoms with Crippen LogP contribution in [0.15, 0.2) is 12.5 Å². The molecule has 0 amide bonds. The molecular weight excluding hydrogens is 426 g/mol. The number of Topliss-reactive ketones (excluding diaryl/α,β-unsaturated/α-hetero) is 1. The van der Waals surface area contributed by atoms with Crippen molar-refractivity contribution in [2.24, 2.45) is 40.4 Å². The maximum atomic E-state index is 13.4. The number of ether oxygens (including phenoxy) is 1. The molecule has 0 aromatic carbocycles. The molecule has 6 nitrogen and oxygen atoms in total. The highest BCUT2D eigenvalue weighted by atomic mass is 16.5. The molecule has 4 aliphatic rings. The molecule has 1 N–H and O–H groups in total. The summed E-state index contributed by atoms with van der Waals surface area (Å²) in [6, 6.07) is 2.05. The minimum absolute atomic E-state index is 0.0912. The molecule has 0 unspecified atom stereocenters. The van der Waals surface area contributed by atoms with E-state index >= 15 is 0 Å². The molecule has 0 radical (unpaired) electrons. The molecular formula is C28H41N3O3. The number of hydrogen-bond donors (Lipinski definition) is 1. The van der Waals surface area contributed by atoms with Crippen molar-refractivity contribution < 1.29 is 14.6 Å². The molecule has 4 fully saturated rings. The first-order valence-electron chi connectivity index (χ1n) is 13.4. The molecule has 4 aliphatic carbocycles. The zero-order valence-electron chi connectivity index (χ0n) is 21.1. The summed E-state index contributed by atoms with van der Waals surface area (Å²) in [5.74, 6) is 3.08. The summed E-state index contributed by atoms with van der Waals surface area (Å²) in [7, 11) is 1.72. The van der Waals surface area contributed by atoms with Crippen LogP contribution in [0, 0.1) is 51.8 Å². The van der Waals surface area contributed by atoms with Gasteiger partial charge in [0.05, 0.1) is 18.5 Å². The van der Waals surface area contributed by atoms with Crippen molar-refractivity contribution in [1.29, 1.82) is 5.26 Å². The lowest BCUT2D eigenvalue weighted by Gasteiger charge is -2.62. The molecule has 4 saturated carbocycles. The number of nitriles is 1. The average molecular weight is 468 g/mol. The Hall–Kier alpha value is -1.71. The quantitative estimate of drug-likeness (QED) is 0.652. The van der Waals surface area contributed by atoms with E-state index < -0.39 is 5.60 Å². The van der Waals surface area contributed by atoms with Crippen LogP contribution in [0.2, 0.25) is 0 Å². The molecule has 5 rings (SSSR count). The van der Waals surface area contributed by atoms with Gasteiger partial charge in [-0.3, -0.25) is 4.79 Å². The van der Waals surface area contributed by atoms with Gasteiger partial charge in [0.25, 0.3) is 0 Å². The van der Waals surface area contributed by atoms with Gasteiger partial charge in [-0.05, 0) is 98.7 Å². The van der Waals surface area contributed by atoms with Gasteiger partial charge in [0.15, 0.2) is 11.5 Å². The zero-order valence-corrected chi connectivity index (χ0v) is 21.1. The van der Waals surface area contributed by atoms with Crippen LogP contribution in [0.4, 0.5) is 0 Å². The predicted molar refractivity (Wildman–Crippen MR) is 129 cm³/mol.